The number of benzene rings is 2. The van der Waals surface area contributed by atoms with Crippen LogP contribution < -0.4 is 5.76 Å². The highest BCUT2D eigenvalue weighted by molar-refractivity contribution is 5.69. The fourth-order valence-corrected chi connectivity index (χ4v) is 1.85. The van der Waals surface area contributed by atoms with Gasteiger partial charge in [0.25, 0.3) is 0 Å². The minimum atomic E-state index is -0.594. The Labute approximate surface area is 114 Å². The van der Waals surface area contributed by atoms with E-state index in [0.29, 0.717) is 11.1 Å². The third-order valence-electron chi connectivity index (χ3n) is 2.82. The van der Waals surface area contributed by atoms with E-state index in [1.165, 1.54) is 0 Å². The molecule has 1 N–H and O–H groups in total. The van der Waals surface area contributed by atoms with Crippen molar-refractivity contribution >= 4 is 0 Å². The fourth-order valence-electron chi connectivity index (χ4n) is 1.85. The Bertz CT molecular complexity index is 838. The molecule has 3 aromatic rings. The number of rotatable bonds is 2. The molecule has 1 aromatic heterocycles. The van der Waals surface area contributed by atoms with Crippen molar-refractivity contribution in [2.45, 2.75) is 0 Å². The molecule has 0 fully saturated rings. The molecule has 20 heavy (non-hydrogen) atoms. The van der Waals surface area contributed by atoms with E-state index in [2.05, 4.69) is 22.3 Å². The Morgan fingerprint density at radius 1 is 1.15 bits per heavy atom. The zero-order valence-corrected chi connectivity index (χ0v) is 10.3. The lowest BCUT2D eigenvalue weighted by atomic mass is 10.0. The van der Waals surface area contributed by atoms with Gasteiger partial charge in [0, 0.05) is 5.56 Å². The van der Waals surface area contributed by atoms with Gasteiger partial charge < -0.3 is 4.42 Å². The second-order valence-corrected chi connectivity index (χ2v) is 4.12. The van der Waals surface area contributed by atoms with Crippen LogP contribution in [0.1, 0.15) is 5.56 Å². The third kappa shape index (κ3) is 2.22. The van der Waals surface area contributed by atoms with Crippen molar-refractivity contribution in [1.82, 2.24) is 10.2 Å². The van der Waals surface area contributed by atoms with E-state index in [1.807, 2.05) is 24.3 Å². The Morgan fingerprint density at radius 3 is 2.55 bits per heavy atom. The molecule has 0 unspecified atom stereocenters. The third-order valence-corrected chi connectivity index (χ3v) is 2.82. The summed E-state index contributed by atoms with van der Waals surface area (Å²) in [6.45, 7) is 0. The van der Waals surface area contributed by atoms with Gasteiger partial charge in [-0.1, -0.05) is 12.1 Å². The molecule has 2 aromatic carbocycles. The maximum absolute atomic E-state index is 11.0. The maximum Gasteiger partial charge on any atom is 0.434 e. The zero-order valence-electron chi connectivity index (χ0n) is 10.3. The lowest BCUT2D eigenvalue weighted by Gasteiger charge is -2.03. The smallest absolute Gasteiger partial charge is 0.388 e. The summed E-state index contributed by atoms with van der Waals surface area (Å²) in [5.41, 5.74) is 3.11. The van der Waals surface area contributed by atoms with Crippen LogP contribution in [0, 0.1) is 17.4 Å². The number of aromatic amines is 1. The Morgan fingerprint density at radius 2 is 1.90 bits per heavy atom. The van der Waals surface area contributed by atoms with E-state index < -0.39 is 5.76 Å². The molecule has 1 radical (unpaired) electrons. The average molecular weight is 262 g/mol. The first-order chi connectivity index (χ1) is 9.76. The molecule has 0 bridgehead atoms. The van der Waals surface area contributed by atoms with Gasteiger partial charge in [0.05, 0.1) is 11.6 Å². The first-order valence-electron chi connectivity index (χ1n) is 5.84. The van der Waals surface area contributed by atoms with Gasteiger partial charge in [0.15, 0.2) is 0 Å². The van der Waals surface area contributed by atoms with Gasteiger partial charge in [-0.3, -0.25) is 0 Å². The van der Waals surface area contributed by atoms with Crippen LogP contribution in [0.3, 0.4) is 0 Å². The number of hydrogen-bond acceptors (Lipinski definition) is 4. The summed E-state index contributed by atoms with van der Waals surface area (Å²) < 4.78 is 4.91. The van der Waals surface area contributed by atoms with Crippen molar-refractivity contribution in [3.8, 4) is 28.7 Å². The van der Waals surface area contributed by atoms with E-state index >= 15 is 0 Å². The van der Waals surface area contributed by atoms with Crippen LogP contribution in [0.25, 0.3) is 22.6 Å². The Hall–Kier alpha value is -3.13. The summed E-state index contributed by atoms with van der Waals surface area (Å²) >= 11 is 0. The number of aromatic nitrogens is 2. The maximum atomic E-state index is 11.0. The molecule has 0 aliphatic carbocycles. The van der Waals surface area contributed by atoms with Crippen molar-refractivity contribution in [2.24, 2.45) is 0 Å². The van der Waals surface area contributed by atoms with E-state index in [4.69, 9.17) is 9.68 Å². The quantitative estimate of drug-likeness (QED) is 0.768. The SMILES string of the molecule is N#Cc1ccc(-c2c[c]cc(-c3n[nH]c(=O)o3)c2)cc1. The molecule has 0 spiro atoms. The van der Waals surface area contributed by atoms with Gasteiger partial charge >= 0.3 is 5.76 Å². The molecule has 0 atom stereocenters. The van der Waals surface area contributed by atoms with Crippen molar-refractivity contribution < 1.29 is 4.42 Å². The van der Waals surface area contributed by atoms with Gasteiger partial charge in [0.2, 0.25) is 5.89 Å². The largest absolute Gasteiger partial charge is 0.434 e. The topological polar surface area (TPSA) is 82.7 Å². The predicted molar refractivity (Wildman–Crippen MR) is 71.5 cm³/mol. The average Bonchev–Trinajstić information content (AvgIpc) is 2.94. The predicted octanol–water partition coefficient (Wildman–Crippen LogP) is 2.37. The minimum Gasteiger partial charge on any atom is -0.388 e. The second-order valence-electron chi connectivity index (χ2n) is 4.12. The number of nitrogens with zero attached hydrogens (tertiary/aromatic N) is 2. The van der Waals surface area contributed by atoms with Crippen molar-refractivity contribution in [3.63, 3.8) is 0 Å². The Balaban J connectivity index is 2.02. The summed E-state index contributed by atoms with van der Waals surface area (Å²) in [5, 5.41) is 14.8. The van der Waals surface area contributed by atoms with Gasteiger partial charge in [-0.25, -0.2) is 9.89 Å². The molecule has 0 aliphatic rings. The van der Waals surface area contributed by atoms with Crippen LogP contribution in [0.2, 0.25) is 0 Å². The van der Waals surface area contributed by atoms with E-state index in [0.717, 1.165) is 11.1 Å². The van der Waals surface area contributed by atoms with Crippen LogP contribution in [0.5, 0.6) is 0 Å². The van der Waals surface area contributed by atoms with E-state index in [1.54, 1.807) is 18.2 Å². The minimum absolute atomic E-state index is 0.224. The van der Waals surface area contributed by atoms with Crippen molar-refractivity contribution in [2.75, 3.05) is 0 Å². The van der Waals surface area contributed by atoms with E-state index in [-0.39, 0.29) is 5.89 Å². The van der Waals surface area contributed by atoms with Crippen LogP contribution >= 0.6 is 0 Å². The number of nitrogens with one attached hydrogen (secondary N) is 1. The van der Waals surface area contributed by atoms with Gasteiger partial charge in [0.1, 0.15) is 0 Å². The molecule has 5 heteroatoms. The molecular formula is C15H8N3O2. The monoisotopic (exact) mass is 262 g/mol. The number of nitriles is 1. The summed E-state index contributed by atoms with van der Waals surface area (Å²) in [6.07, 6.45) is 0. The molecular weight excluding hydrogens is 254 g/mol. The summed E-state index contributed by atoms with van der Waals surface area (Å²) in [4.78, 5) is 11.0. The molecule has 5 nitrogen and oxygen atoms in total. The molecule has 0 amide bonds. The highest BCUT2D eigenvalue weighted by Crippen LogP contribution is 2.24. The molecule has 0 aliphatic heterocycles. The standard InChI is InChI=1S/C15H8N3O2/c16-9-10-4-6-11(7-5-10)12-2-1-3-13(8-12)14-17-18-15(19)20-14/h2-8H,(H,18,19). The molecule has 0 saturated heterocycles. The first-order valence-corrected chi connectivity index (χ1v) is 5.84. The summed E-state index contributed by atoms with van der Waals surface area (Å²) in [7, 11) is 0. The number of H-pyrrole nitrogens is 1. The van der Waals surface area contributed by atoms with Gasteiger partial charge in [-0.05, 0) is 47.5 Å². The molecule has 1 heterocycles. The first kappa shape index (κ1) is 11.9. The lowest BCUT2D eigenvalue weighted by Crippen LogP contribution is -1.93. The van der Waals surface area contributed by atoms with Crippen LogP contribution in [-0.2, 0) is 0 Å². The summed E-state index contributed by atoms with van der Waals surface area (Å²) in [5.74, 6) is -0.370. The fraction of sp³-hybridized carbons (Fsp3) is 0. The summed E-state index contributed by atoms with van der Waals surface area (Å²) in [6, 6.07) is 17.6. The van der Waals surface area contributed by atoms with Gasteiger partial charge in [-0.15, -0.1) is 5.10 Å². The second kappa shape index (κ2) is 4.86. The van der Waals surface area contributed by atoms with Crippen LogP contribution in [0.15, 0.2) is 51.7 Å². The van der Waals surface area contributed by atoms with Gasteiger partial charge in [-0.2, -0.15) is 5.26 Å². The lowest BCUT2D eigenvalue weighted by molar-refractivity contribution is 0.527. The zero-order chi connectivity index (χ0) is 13.9. The molecule has 3 rings (SSSR count). The van der Waals surface area contributed by atoms with Crippen LogP contribution in [0.4, 0.5) is 0 Å². The van der Waals surface area contributed by atoms with Crippen LogP contribution in [-0.4, -0.2) is 10.2 Å². The Kier molecular flexibility index (Phi) is 2.90. The highest BCUT2D eigenvalue weighted by Gasteiger charge is 2.07. The van der Waals surface area contributed by atoms with Crippen molar-refractivity contribution in [1.29, 1.82) is 5.26 Å². The van der Waals surface area contributed by atoms with Crippen molar-refractivity contribution in [3.05, 3.63) is 64.6 Å². The molecule has 0 saturated carbocycles. The normalized spacial score (nSPS) is 10.2. The van der Waals surface area contributed by atoms with E-state index in [9.17, 15) is 4.79 Å². The highest BCUT2D eigenvalue weighted by atomic mass is 16.4. The molecule has 95 valence electrons. The number of hydrogen-bond donors (Lipinski definition) is 1.